The van der Waals surface area contributed by atoms with Gasteiger partial charge in [0.15, 0.2) is 0 Å². The minimum Gasteiger partial charge on any atom is -0.465 e. The number of hydrogen-bond donors (Lipinski definition) is 0. The third-order valence-electron chi connectivity index (χ3n) is 2.33. The molecule has 0 unspecified atom stereocenters. The van der Waals surface area contributed by atoms with Crippen LogP contribution in [0.1, 0.15) is 27.7 Å². The fourth-order valence-corrected chi connectivity index (χ4v) is 5.38. The maximum Gasteiger partial charge on any atom is 0.359 e. The lowest BCUT2D eigenvalue weighted by molar-refractivity contribution is -0.171. The third kappa shape index (κ3) is 6.88. The molecule has 0 radical (unpaired) electrons. The van der Waals surface area contributed by atoms with E-state index in [-0.39, 0.29) is 12.2 Å². The van der Waals surface area contributed by atoms with Crippen molar-refractivity contribution in [3.05, 3.63) is 22.8 Å². The molecule has 0 amide bonds. The van der Waals surface area contributed by atoms with E-state index in [4.69, 9.17) is 14.2 Å². The van der Waals surface area contributed by atoms with Gasteiger partial charge >= 0.3 is 11.9 Å². The van der Waals surface area contributed by atoms with Crippen LogP contribution in [0.15, 0.2) is 12.1 Å². The Labute approximate surface area is 176 Å². The number of esters is 2. The second-order valence-corrected chi connectivity index (χ2v) is 8.74. The fourth-order valence-electron chi connectivity index (χ4n) is 1.54. The predicted molar refractivity (Wildman–Crippen MR) is 111 cm³/mol. The fraction of sp³-hybridized carbons (Fsp3) is 0.467. The van der Waals surface area contributed by atoms with Crippen molar-refractivity contribution in [2.75, 3.05) is 0 Å². The van der Waals surface area contributed by atoms with Gasteiger partial charge in [-0.15, -0.1) is 0 Å². The van der Waals surface area contributed by atoms with Gasteiger partial charge in [0.2, 0.25) is 0 Å². The van der Waals surface area contributed by atoms with Crippen molar-refractivity contribution in [3.8, 4) is 5.75 Å². The zero-order chi connectivity index (χ0) is 17.7. The molecule has 1 rings (SSSR count). The maximum atomic E-state index is 12.2. The highest BCUT2D eigenvalue weighted by molar-refractivity contribution is 14.1. The smallest absolute Gasteiger partial charge is 0.359 e. The van der Waals surface area contributed by atoms with E-state index in [9.17, 15) is 9.59 Å². The van der Waals surface area contributed by atoms with E-state index in [1.54, 1.807) is 27.7 Å². The van der Waals surface area contributed by atoms with E-state index >= 15 is 0 Å². The van der Waals surface area contributed by atoms with Crippen molar-refractivity contribution < 1.29 is 23.8 Å². The first-order valence-corrected chi connectivity index (χ1v) is 10.1. The quantitative estimate of drug-likeness (QED) is 0.262. The Hall–Kier alpha value is 0.150. The highest BCUT2D eigenvalue weighted by atomic mass is 127. The van der Waals surface area contributed by atoms with Crippen LogP contribution in [-0.2, 0) is 19.1 Å². The Kier molecular flexibility index (Phi) is 8.83. The summed E-state index contributed by atoms with van der Waals surface area (Å²) in [6, 6.07) is 3.80. The molecule has 0 aliphatic rings. The minimum atomic E-state index is -1.44. The zero-order valence-corrected chi connectivity index (χ0v) is 19.5. The first kappa shape index (κ1) is 21.2. The van der Waals surface area contributed by atoms with Gasteiger partial charge < -0.3 is 14.2 Å². The van der Waals surface area contributed by atoms with Gasteiger partial charge in [-0.3, -0.25) is 0 Å². The van der Waals surface area contributed by atoms with E-state index in [0.717, 1.165) is 10.7 Å². The SMILES string of the molecule is CC(C)OC(=O)C(Oc1c(I)cc(I)cc1I)C(=O)OC(C)C. The lowest BCUT2D eigenvalue weighted by Gasteiger charge is -2.20. The van der Waals surface area contributed by atoms with Gasteiger partial charge in [-0.2, -0.15) is 0 Å². The molecule has 0 bridgehead atoms. The average Bonchev–Trinajstić information content (AvgIpc) is 2.35. The van der Waals surface area contributed by atoms with Crippen LogP contribution < -0.4 is 4.74 Å². The average molecular weight is 658 g/mol. The van der Waals surface area contributed by atoms with E-state index < -0.39 is 18.0 Å². The summed E-state index contributed by atoms with van der Waals surface area (Å²) in [5.74, 6) is -1.04. The van der Waals surface area contributed by atoms with Gasteiger partial charge in [0, 0.05) is 3.57 Å². The molecular formula is C15H17I3O5. The van der Waals surface area contributed by atoms with E-state index in [1.807, 2.05) is 12.1 Å². The number of ether oxygens (including phenoxy) is 3. The molecule has 0 atom stereocenters. The van der Waals surface area contributed by atoms with Crippen LogP contribution in [0.3, 0.4) is 0 Å². The van der Waals surface area contributed by atoms with E-state index in [1.165, 1.54) is 0 Å². The van der Waals surface area contributed by atoms with Gasteiger partial charge in [0.25, 0.3) is 6.10 Å². The second kappa shape index (κ2) is 9.59. The third-order valence-corrected chi connectivity index (χ3v) is 4.56. The summed E-state index contributed by atoms with van der Waals surface area (Å²) in [5, 5.41) is 0. The van der Waals surface area contributed by atoms with Crippen molar-refractivity contribution in [3.63, 3.8) is 0 Å². The summed E-state index contributed by atoms with van der Waals surface area (Å²) in [6.45, 7) is 6.84. The lowest BCUT2D eigenvalue weighted by Crippen LogP contribution is -2.40. The molecule has 0 aliphatic carbocycles. The van der Waals surface area contributed by atoms with Crippen LogP contribution >= 0.6 is 67.8 Å². The summed E-state index contributed by atoms with van der Waals surface area (Å²) < 4.78 is 18.6. The van der Waals surface area contributed by atoms with E-state index in [2.05, 4.69) is 67.8 Å². The highest BCUT2D eigenvalue weighted by Crippen LogP contribution is 2.30. The molecule has 0 saturated heterocycles. The molecule has 23 heavy (non-hydrogen) atoms. The highest BCUT2D eigenvalue weighted by Gasteiger charge is 2.34. The molecule has 1 aromatic carbocycles. The largest absolute Gasteiger partial charge is 0.465 e. The summed E-state index contributed by atoms with van der Waals surface area (Å²) in [7, 11) is 0. The van der Waals surface area contributed by atoms with Crippen LogP contribution in [-0.4, -0.2) is 30.3 Å². The normalized spacial score (nSPS) is 11.0. The molecule has 1 aromatic rings. The van der Waals surface area contributed by atoms with Crippen molar-refractivity contribution in [1.29, 1.82) is 0 Å². The molecule has 0 N–H and O–H groups in total. The molecule has 0 spiro atoms. The van der Waals surface area contributed by atoms with Crippen molar-refractivity contribution in [1.82, 2.24) is 0 Å². The molecule has 0 saturated carbocycles. The summed E-state index contributed by atoms with van der Waals surface area (Å²) >= 11 is 6.40. The van der Waals surface area contributed by atoms with Crippen molar-refractivity contribution >= 4 is 79.7 Å². The molecule has 128 valence electrons. The minimum absolute atomic E-state index is 0.352. The number of carbonyl (C=O) groups is 2. The molecule has 8 heteroatoms. The Morgan fingerprint density at radius 3 is 1.61 bits per heavy atom. The topological polar surface area (TPSA) is 61.8 Å². The van der Waals surface area contributed by atoms with Crippen LogP contribution in [0.4, 0.5) is 0 Å². The number of halogens is 3. The molecular weight excluding hydrogens is 641 g/mol. The maximum absolute atomic E-state index is 12.2. The molecule has 5 nitrogen and oxygen atoms in total. The summed E-state index contributed by atoms with van der Waals surface area (Å²) in [5.41, 5.74) is 0. The lowest BCUT2D eigenvalue weighted by atomic mass is 10.3. The molecule has 0 aromatic heterocycles. The Balaban J connectivity index is 3.10. The first-order chi connectivity index (χ1) is 10.6. The number of rotatable bonds is 6. The first-order valence-electron chi connectivity index (χ1n) is 6.84. The summed E-state index contributed by atoms with van der Waals surface area (Å²) in [6.07, 6.45) is -2.15. The van der Waals surface area contributed by atoms with Gasteiger partial charge in [-0.05, 0) is 108 Å². The Morgan fingerprint density at radius 2 is 1.26 bits per heavy atom. The Morgan fingerprint density at radius 1 is 0.870 bits per heavy atom. The van der Waals surface area contributed by atoms with Gasteiger partial charge in [-0.25, -0.2) is 9.59 Å². The van der Waals surface area contributed by atoms with Gasteiger partial charge in [0.1, 0.15) is 5.75 Å². The van der Waals surface area contributed by atoms with Crippen LogP contribution in [0.25, 0.3) is 0 Å². The number of carbonyl (C=O) groups excluding carboxylic acids is 2. The monoisotopic (exact) mass is 658 g/mol. The predicted octanol–water partition coefficient (Wildman–Crippen LogP) is 4.15. The molecule has 0 heterocycles. The number of benzene rings is 1. The van der Waals surface area contributed by atoms with Crippen LogP contribution in [0.5, 0.6) is 5.75 Å². The summed E-state index contributed by atoms with van der Waals surface area (Å²) in [4.78, 5) is 24.4. The molecule has 0 fully saturated rings. The standard InChI is InChI=1S/C15H17I3O5/c1-7(2)21-14(19)13(15(20)22-8(3)4)23-12-10(17)5-9(16)6-11(12)18/h5-8,13H,1-4H3. The van der Waals surface area contributed by atoms with Crippen LogP contribution in [0, 0.1) is 10.7 Å². The van der Waals surface area contributed by atoms with E-state index in [0.29, 0.717) is 5.75 Å². The second-order valence-electron chi connectivity index (χ2n) is 5.17. The zero-order valence-electron chi connectivity index (χ0n) is 13.1. The Bertz CT molecular complexity index is 541. The number of hydrogen-bond acceptors (Lipinski definition) is 5. The van der Waals surface area contributed by atoms with Gasteiger partial charge in [-0.1, -0.05) is 0 Å². The molecule has 0 aliphatic heterocycles. The van der Waals surface area contributed by atoms with Gasteiger partial charge in [0.05, 0.1) is 19.3 Å². The van der Waals surface area contributed by atoms with Crippen molar-refractivity contribution in [2.24, 2.45) is 0 Å². The van der Waals surface area contributed by atoms with Crippen molar-refractivity contribution in [2.45, 2.75) is 46.0 Å². The van der Waals surface area contributed by atoms with Crippen LogP contribution in [0.2, 0.25) is 0 Å².